The van der Waals surface area contributed by atoms with Crippen LogP contribution in [-0.2, 0) is 9.53 Å². The fourth-order valence-corrected chi connectivity index (χ4v) is 2.42. The van der Waals surface area contributed by atoms with E-state index in [1.165, 1.54) is 6.07 Å². The molecule has 3 rings (SSSR count). The van der Waals surface area contributed by atoms with Gasteiger partial charge in [0.25, 0.3) is 11.6 Å². The Bertz CT molecular complexity index is 900. The molecule has 1 aliphatic rings. The van der Waals surface area contributed by atoms with E-state index in [0.717, 1.165) is 12.1 Å². The molecule has 0 saturated heterocycles. The van der Waals surface area contributed by atoms with Crippen molar-refractivity contribution < 1.29 is 28.7 Å². The molecule has 2 aromatic carbocycles. The second-order valence-electron chi connectivity index (χ2n) is 5.11. The minimum atomic E-state index is -0.870. The Morgan fingerprint density at radius 2 is 1.96 bits per heavy atom. The van der Waals surface area contributed by atoms with E-state index in [1.807, 2.05) is 0 Å². The van der Waals surface area contributed by atoms with Gasteiger partial charge in [0.05, 0.1) is 15.5 Å². The number of hydrogen-bond acceptors (Lipinski definition) is 7. The fraction of sp³-hybridized carbons (Fsp3) is 0.125. The molecule has 1 N–H and O–H groups in total. The van der Waals surface area contributed by atoms with Crippen LogP contribution in [0.2, 0.25) is 5.02 Å². The standard InChI is InChI=1S/C16H11ClN2O7/c17-12-6-10(19(22)23)2-3-11(12)16(21)24-7-15(20)18-9-1-4-13-14(5-9)26-8-25-13/h1-6H,7-8H2,(H,18,20). The van der Waals surface area contributed by atoms with Crippen LogP contribution < -0.4 is 14.8 Å². The summed E-state index contributed by atoms with van der Waals surface area (Å²) in [5.41, 5.74) is 0.115. The van der Waals surface area contributed by atoms with Crippen molar-refractivity contribution in [2.24, 2.45) is 0 Å². The van der Waals surface area contributed by atoms with Crippen LogP contribution in [0.4, 0.5) is 11.4 Å². The van der Waals surface area contributed by atoms with Crippen molar-refractivity contribution in [1.29, 1.82) is 0 Å². The average Bonchev–Trinajstić information content (AvgIpc) is 3.07. The Hall–Kier alpha value is -3.33. The number of nitrogens with one attached hydrogen (secondary N) is 1. The molecule has 10 heteroatoms. The highest BCUT2D eigenvalue weighted by molar-refractivity contribution is 6.33. The maximum absolute atomic E-state index is 12.0. The SMILES string of the molecule is O=C(COC(=O)c1ccc([N+](=O)[O-])cc1Cl)Nc1ccc2c(c1)OCO2. The molecule has 134 valence electrons. The van der Waals surface area contributed by atoms with E-state index in [2.05, 4.69) is 5.32 Å². The molecule has 9 nitrogen and oxygen atoms in total. The molecular weight excluding hydrogens is 368 g/mol. The number of halogens is 1. The number of hydrogen-bond donors (Lipinski definition) is 1. The van der Waals surface area contributed by atoms with Gasteiger partial charge in [-0.05, 0) is 18.2 Å². The van der Waals surface area contributed by atoms with Crippen molar-refractivity contribution in [2.45, 2.75) is 0 Å². The molecule has 1 amide bonds. The van der Waals surface area contributed by atoms with Crippen LogP contribution >= 0.6 is 11.6 Å². The summed E-state index contributed by atoms with van der Waals surface area (Å²) in [4.78, 5) is 33.9. The number of fused-ring (bicyclic) bond motifs is 1. The number of ether oxygens (including phenoxy) is 3. The Labute approximate surface area is 151 Å². The van der Waals surface area contributed by atoms with Crippen LogP contribution in [-0.4, -0.2) is 30.2 Å². The smallest absolute Gasteiger partial charge is 0.340 e. The maximum Gasteiger partial charge on any atom is 0.340 e. The van der Waals surface area contributed by atoms with E-state index in [-0.39, 0.29) is 23.1 Å². The van der Waals surface area contributed by atoms with Gasteiger partial charge in [0.15, 0.2) is 18.1 Å². The fourth-order valence-electron chi connectivity index (χ4n) is 2.16. The lowest BCUT2D eigenvalue weighted by Gasteiger charge is -2.08. The van der Waals surface area contributed by atoms with Gasteiger partial charge < -0.3 is 19.5 Å². The first-order valence-electron chi connectivity index (χ1n) is 7.24. The number of non-ortho nitro benzene ring substituents is 1. The van der Waals surface area contributed by atoms with Gasteiger partial charge in [0, 0.05) is 23.9 Å². The van der Waals surface area contributed by atoms with Gasteiger partial charge in [0.1, 0.15) is 0 Å². The number of rotatable bonds is 5. The van der Waals surface area contributed by atoms with Crippen LogP contribution in [0, 0.1) is 10.1 Å². The molecular formula is C16H11ClN2O7. The summed E-state index contributed by atoms with van der Waals surface area (Å²) in [5.74, 6) is -0.374. The summed E-state index contributed by atoms with van der Waals surface area (Å²) in [5, 5.41) is 13.1. The first-order chi connectivity index (χ1) is 12.4. The van der Waals surface area contributed by atoms with Crippen molar-refractivity contribution in [3.05, 3.63) is 57.1 Å². The summed E-state index contributed by atoms with van der Waals surface area (Å²) in [7, 11) is 0. The predicted octanol–water partition coefficient (Wildman–Crippen LogP) is 2.77. The lowest BCUT2D eigenvalue weighted by molar-refractivity contribution is -0.384. The van der Waals surface area contributed by atoms with Crippen LogP contribution in [0.5, 0.6) is 11.5 Å². The second-order valence-corrected chi connectivity index (χ2v) is 5.52. The molecule has 0 bridgehead atoms. The zero-order valence-electron chi connectivity index (χ0n) is 13.1. The van der Waals surface area contributed by atoms with Gasteiger partial charge in [-0.25, -0.2) is 4.79 Å². The molecule has 2 aromatic rings. The topological polar surface area (TPSA) is 117 Å². The van der Waals surface area contributed by atoms with Gasteiger partial charge >= 0.3 is 5.97 Å². The number of anilines is 1. The predicted molar refractivity (Wildman–Crippen MR) is 89.6 cm³/mol. The van der Waals surface area contributed by atoms with E-state index in [1.54, 1.807) is 18.2 Å². The zero-order chi connectivity index (χ0) is 18.7. The third kappa shape index (κ3) is 3.83. The van der Waals surface area contributed by atoms with Gasteiger partial charge in [-0.2, -0.15) is 0 Å². The first kappa shape index (κ1) is 17.5. The van der Waals surface area contributed by atoms with Crippen LogP contribution in [0.25, 0.3) is 0 Å². The van der Waals surface area contributed by atoms with Crippen molar-refractivity contribution >= 4 is 34.9 Å². The lowest BCUT2D eigenvalue weighted by Crippen LogP contribution is -2.21. The van der Waals surface area contributed by atoms with Crippen LogP contribution in [0.15, 0.2) is 36.4 Å². The number of amides is 1. The van der Waals surface area contributed by atoms with E-state index in [4.69, 9.17) is 25.8 Å². The third-order valence-electron chi connectivity index (χ3n) is 3.37. The highest BCUT2D eigenvalue weighted by atomic mass is 35.5. The highest BCUT2D eigenvalue weighted by Crippen LogP contribution is 2.34. The largest absolute Gasteiger partial charge is 0.454 e. The summed E-state index contributed by atoms with van der Waals surface area (Å²) in [6.45, 7) is -0.444. The van der Waals surface area contributed by atoms with E-state index in [9.17, 15) is 19.7 Å². The average molecular weight is 379 g/mol. The number of carbonyl (C=O) groups excluding carboxylic acids is 2. The summed E-state index contributed by atoms with van der Waals surface area (Å²) < 4.78 is 15.2. The van der Waals surface area contributed by atoms with Gasteiger partial charge in [-0.3, -0.25) is 14.9 Å². The lowest BCUT2D eigenvalue weighted by atomic mass is 10.2. The maximum atomic E-state index is 12.0. The quantitative estimate of drug-likeness (QED) is 0.483. The minimum Gasteiger partial charge on any atom is -0.454 e. The van der Waals surface area contributed by atoms with Gasteiger partial charge in [0.2, 0.25) is 6.79 Å². The Morgan fingerprint density at radius 3 is 2.69 bits per heavy atom. The first-order valence-corrected chi connectivity index (χ1v) is 7.62. The van der Waals surface area contributed by atoms with Gasteiger partial charge in [-0.15, -0.1) is 0 Å². The minimum absolute atomic E-state index is 0.0758. The number of nitro groups is 1. The number of nitro benzene ring substituents is 1. The highest BCUT2D eigenvalue weighted by Gasteiger charge is 2.18. The van der Waals surface area contributed by atoms with E-state index >= 15 is 0 Å². The molecule has 1 aliphatic heterocycles. The van der Waals surface area contributed by atoms with Crippen molar-refractivity contribution in [3.63, 3.8) is 0 Å². The van der Waals surface area contributed by atoms with Crippen LogP contribution in [0.3, 0.4) is 0 Å². The molecule has 0 aliphatic carbocycles. The molecule has 0 unspecified atom stereocenters. The monoisotopic (exact) mass is 378 g/mol. The van der Waals surface area contributed by atoms with Crippen molar-refractivity contribution in [3.8, 4) is 11.5 Å². The summed E-state index contributed by atoms with van der Waals surface area (Å²) >= 11 is 5.84. The molecule has 1 heterocycles. The number of esters is 1. The Balaban J connectivity index is 1.57. The van der Waals surface area contributed by atoms with E-state index < -0.39 is 23.4 Å². The Morgan fingerprint density at radius 1 is 1.19 bits per heavy atom. The Kier molecular flexibility index (Phi) is 4.90. The van der Waals surface area contributed by atoms with E-state index in [0.29, 0.717) is 17.2 Å². The molecule has 0 aromatic heterocycles. The van der Waals surface area contributed by atoms with Gasteiger partial charge in [-0.1, -0.05) is 11.6 Å². The summed E-state index contributed by atoms with van der Waals surface area (Å²) in [6, 6.07) is 8.15. The zero-order valence-corrected chi connectivity index (χ0v) is 13.8. The van der Waals surface area contributed by atoms with Crippen LogP contribution in [0.1, 0.15) is 10.4 Å². The molecule has 0 spiro atoms. The third-order valence-corrected chi connectivity index (χ3v) is 3.69. The number of benzene rings is 2. The van der Waals surface area contributed by atoms with Crippen molar-refractivity contribution in [2.75, 3.05) is 18.7 Å². The molecule has 0 saturated carbocycles. The molecule has 0 atom stereocenters. The molecule has 0 radical (unpaired) electrons. The number of nitrogens with zero attached hydrogens (tertiary/aromatic N) is 1. The number of carbonyl (C=O) groups is 2. The van der Waals surface area contributed by atoms with Crippen molar-refractivity contribution in [1.82, 2.24) is 0 Å². The second kappa shape index (κ2) is 7.28. The molecule has 26 heavy (non-hydrogen) atoms. The molecule has 0 fully saturated rings. The summed E-state index contributed by atoms with van der Waals surface area (Å²) in [6.07, 6.45) is 0. The normalized spacial score (nSPS) is 11.7.